The van der Waals surface area contributed by atoms with E-state index in [1.54, 1.807) is 0 Å². The summed E-state index contributed by atoms with van der Waals surface area (Å²) < 4.78 is 5.95. The number of aromatic hydroxyl groups is 1. The van der Waals surface area contributed by atoms with Gasteiger partial charge < -0.3 is 9.84 Å². The number of carbonyl (C=O) groups is 1. The van der Waals surface area contributed by atoms with Gasteiger partial charge in [0.2, 0.25) is 0 Å². The van der Waals surface area contributed by atoms with Crippen molar-refractivity contribution >= 4 is 27.5 Å². The topological polar surface area (TPSA) is 46.5 Å². The molecule has 3 aromatic carbocycles. The Hall–Kier alpha value is -2.55. The zero-order chi connectivity index (χ0) is 18.0. The lowest BCUT2D eigenvalue weighted by Gasteiger charge is -2.26. The summed E-state index contributed by atoms with van der Waals surface area (Å²) in [5, 5.41) is 13.5. The van der Waals surface area contributed by atoms with E-state index >= 15 is 0 Å². The van der Waals surface area contributed by atoms with Gasteiger partial charge in [0.1, 0.15) is 11.5 Å². The second kappa shape index (κ2) is 6.75. The maximum absolute atomic E-state index is 12.9. The average molecular weight is 336 g/mol. The molecule has 0 saturated heterocycles. The molecule has 0 fully saturated rings. The van der Waals surface area contributed by atoms with Crippen molar-refractivity contribution in [1.82, 2.24) is 0 Å². The molecule has 1 unspecified atom stereocenters. The van der Waals surface area contributed by atoms with Crippen molar-refractivity contribution in [2.45, 2.75) is 40.0 Å². The maximum atomic E-state index is 12.9. The van der Waals surface area contributed by atoms with Gasteiger partial charge in [-0.15, -0.1) is 0 Å². The van der Waals surface area contributed by atoms with Crippen LogP contribution in [0.2, 0.25) is 0 Å². The highest BCUT2D eigenvalue weighted by Crippen LogP contribution is 2.43. The standard InChI is InChI=1S/C22H24O3/c1-4-14-22(3,5-2)21(24)25-20-17-12-8-6-10-15(17)19(23)16-11-7-9-13-18(16)20/h6-13,23H,4-5,14H2,1-3H3. The minimum atomic E-state index is -0.505. The lowest BCUT2D eigenvalue weighted by molar-refractivity contribution is -0.145. The predicted molar refractivity (Wildman–Crippen MR) is 102 cm³/mol. The van der Waals surface area contributed by atoms with Crippen molar-refractivity contribution in [3.05, 3.63) is 48.5 Å². The summed E-state index contributed by atoms with van der Waals surface area (Å²) in [5.74, 6) is 0.542. The van der Waals surface area contributed by atoms with Crippen molar-refractivity contribution in [1.29, 1.82) is 0 Å². The van der Waals surface area contributed by atoms with Crippen LogP contribution in [0.25, 0.3) is 21.5 Å². The first kappa shape index (κ1) is 17.3. The Labute approximate surface area is 148 Å². The van der Waals surface area contributed by atoms with Gasteiger partial charge in [0.25, 0.3) is 0 Å². The average Bonchev–Trinajstić information content (AvgIpc) is 2.65. The summed E-state index contributed by atoms with van der Waals surface area (Å²) in [5.41, 5.74) is -0.505. The van der Waals surface area contributed by atoms with Gasteiger partial charge >= 0.3 is 5.97 Å². The highest BCUT2D eigenvalue weighted by atomic mass is 16.5. The first-order valence-corrected chi connectivity index (χ1v) is 8.86. The molecule has 0 heterocycles. The SMILES string of the molecule is CCCC(C)(CC)C(=O)Oc1c2ccccc2c(O)c2ccccc12. The normalized spacial score (nSPS) is 13.7. The van der Waals surface area contributed by atoms with E-state index in [-0.39, 0.29) is 11.7 Å². The van der Waals surface area contributed by atoms with Crippen molar-refractivity contribution in [2.24, 2.45) is 5.41 Å². The van der Waals surface area contributed by atoms with E-state index in [2.05, 4.69) is 6.92 Å². The lowest BCUT2D eigenvalue weighted by atomic mass is 9.83. The second-order valence-corrected chi connectivity index (χ2v) is 6.82. The fourth-order valence-electron chi connectivity index (χ4n) is 3.37. The molecule has 0 amide bonds. The van der Waals surface area contributed by atoms with Gasteiger partial charge in [-0.05, 0) is 19.8 Å². The highest BCUT2D eigenvalue weighted by Gasteiger charge is 2.33. The van der Waals surface area contributed by atoms with Crippen LogP contribution in [0.5, 0.6) is 11.5 Å². The maximum Gasteiger partial charge on any atom is 0.317 e. The minimum absolute atomic E-state index is 0.210. The van der Waals surface area contributed by atoms with Gasteiger partial charge in [0.15, 0.2) is 0 Å². The van der Waals surface area contributed by atoms with E-state index in [4.69, 9.17) is 4.74 Å². The largest absolute Gasteiger partial charge is 0.507 e. The quantitative estimate of drug-likeness (QED) is 0.363. The molecule has 3 aromatic rings. The van der Waals surface area contributed by atoms with E-state index < -0.39 is 5.41 Å². The number of rotatable bonds is 5. The Balaban J connectivity index is 2.20. The first-order valence-electron chi connectivity index (χ1n) is 8.86. The lowest BCUT2D eigenvalue weighted by Crippen LogP contribution is -2.31. The number of benzene rings is 3. The number of phenolic OH excluding ortho intramolecular Hbond substituents is 1. The summed E-state index contributed by atoms with van der Waals surface area (Å²) in [6.45, 7) is 6.06. The minimum Gasteiger partial charge on any atom is -0.507 e. The van der Waals surface area contributed by atoms with E-state index in [9.17, 15) is 9.90 Å². The molecule has 0 aliphatic rings. The third-order valence-corrected chi connectivity index (χ3v) is 5.12. The van der Waals surface area contributed by atoms with Crippen LogP contribution in [0.15, 0.2) is 48.5 Å². The molecule has 0 bridgehead atoms. The van der Waals surface area contributed by atoms with Crippen LogP contribution in [0.1, 0.15) is 40.0 Å². The van der Waals surface area contributed by atoms with Gasteiger partial charge in [0.05, 0.1) is 5.41 Å². The second-order valence-electron chi connectivity index (χ2n) is 6.82. The molecule has 0 aliphatic heterocycles. The van der Waals surface area contributed by atoms with E-state index in [0.717, 1.165) is 30.0 Å². The molecule has 25 heavy (non-hydrogen) atoms. The molecule has 1 atom stereocenters. The van der Waals surface area contributed by atoms with Gasteiger partial charge in [-0.2, -0.15) is 0 Å². The Morgan fingerprint density at radius 1 is 0.960 bits per heavy atom. The molecule has 0 radical (unpaired) electrons. The van der Waals surface area contributed by atoms with Crippen LogP contribution < -0.4 is 4.74 Å². The summed E-state index contributed by atoms with van der Waals surface area (Å²) in [7, 11) is 0. The van der Waals surface area contributed by atoms with Gasteiger partial charge in [0, 0.05) is 21.5 Å². The van der Waals surface area contributed by atoms with Crippen LogP contribution in [-0.4, -0.2) is 11.1 Å². The molecule has 130 valence electrons. The Bertz CT molecular complexity index is 872. The summed E-state index contributed by atoms with van der Waals surface area (Å²) in [4.78, 5) is 12.9. The zero-order valence-corrected chi connectivity index (χ0v) is 15.0. The molecular weight excluding hydrogens is 312 g/mol. The Morgan fingerprint density at radius 3 is 1.88 bits per heavy atom. The number of carbonyl (C=O) groups excluding carboxylic acids is 1. The summed E-state index contributed by atoms with van der Waals surface area (Å²) in [6, 6.07) is 15.0. The molecule has 3 nitrogen and oxygen atoms in total. The summed E-state index contributed by atoms with van der Waals surface area (Å²) in [6.07, 6.45) is 2.44. The number of phenols is 1. The fraction of sp³-hybridized carbons (Fsp3) is 0.318. The molecule has 0 saturated carbocycles. The number of fused-ring (bicyclic) bond motifs is 2. The highest BCUT2D eigenvalue weighted by molar-refractivity contribution is 6.11. The monoisotopic (exact) mass is 336 g/mol. The van der Waals surface area contributed by atoms with Crippen LogP contribution in [0.3, 0.4) is 0 Å². The van der Waals surface area contributed by atoms with E-state index in [1.165, 1.54) is 0 Å². The first-order chi connectivity index (χ1) is 12.0. The van der Waals surface area contributed by atoms with E-state index in [1.807, 2.05) is 62.4 Å². The van der Waals surface area contributed by atoms with Crippen molar-refractivity contribution in [3.8, 4) is 11.5 Å². The van der Waals surface area contributed by atoms with Gasteiger partial charge in [-0.3, -0.25) is 4.79 Å². The number of hydrogen-bond acceptors (Lipinski definition) is 3. The van der Waals surface area contributed by atoms with Gasteiger partial charge in [-0.25, -0.2) is 0 Å². The van der Waals surface area contributed by atoms with Crippen LogP contribution in [0, 0.1) is 5.41 Å². The van der Waals surface area contributed by atoms with E-state index in [0.29, 0.717) is 16.5 Å². The van der Waals surface area contributed by atoms with Crippen LogP contribution in [-0.2, 0) is 4.79 Å². The van der Waals surface area contributed by atoms with Crippen LogP contribution >= 0.6 is 0 Å². The molecule has 0 aliphatic carbocycles. The number of hydrogen-bond donors (Lipinski definition) is 1. The zero-order valence-electron chi connectivity index (χ0n) is 15.0. The third-order valence-electron chi connectivity index (χ3n) is 5.12. The molecule has 1 N–H and O–H groups in total. The molecule has 0 aromatic heterocycles. The fourth-order valence-corrected chi connectivity index (χ4v) is 3.37. The third kappa shape index (κ3) is 2.95. The van der Waals surface area contributed by atoms with Crippen molar-refractivity contribution in [3.63, 3.8) is 0 Å². The summed E-state index contributed by atoms with van der Waals surface area (Å²) >= 11 is 0. The number of esters is 1. The molecular formula is C22H24O3. The molecule has 3 heteroatoms. The predicted octanol–water partition coefficient (Wildman–Crippen LogP) is 5.82. The van der Waals surface area contributed by atoms with Gasteiger partial charge in [-0.1, -0.05) is 68.8 Å². The number of ether oxygens (including phenoxy) is 1. The molecule has 0 spiro atoms. The Kier molecular flexibility index (Phi) is 4.67. The molecule has 3 rings (SSSR count). The smallest absolute Gasteiger partial charge is 0.317 e. The van der Waals surface area contributed by atoms with Crippen molar-refractivity contribution in [2.75, 3.05) is 0 Å². The van der Waals surface area contributed by atoms with Crippen molar-refractivity contribution < 1.29 is 14.6 Å². The Morgan fingerprint density at radius 2 is 1.44 bits per heavy atom. The van der Waals surface area contributed by atoms with Crippen LogP contribution in [0.4, 0.5) is 0 Å².